The van der Waals surface area contributed by atoms with Gasteiger partial charge in [0.25, 0.3) is 0 Å². The third kappa shape index (κ3) is 1.81. The van der Waals surface area contributed by atoms with E-state index < -0.39 is 0 Å². The van der Waals surface area contributed by atoms with Crippen LogP contribution in [-0.4, -0.2) is 19.9 Å². The number of halogens is 1. The van der Waals surface area contributed by atoms with Gasteiger partial charge >= 0.3 is 0 Å². The average molecular weight is 167 g/mol. The summed E-state index contributed by atoms with van der Waals surface area (Å²) < 4.78 is 13.0. The molecule has 12 heavy (non-hydrogen) atoms. The molecule has 0 aliphatic heterocycles. The van der Waals surface area contributed by atoms with E-state index >= 15 is 0 Å². The van der Waals surface area contributed by atoms with Crippen molar-refractivity contribution in [1.29, 1.82) is 0 Å². The molecule has 0 heterocycles. The van der Waals surface area contributed by atoms with Gasteiger partial charge in [-0.3, -0.25) is 0 Å². The molecule has 0 atom stereocenters. The lowest BCUT2D eigenvalue weighted by Gasteiger charge is -2.15. The second-order valence-corrected chi connectivity index (χ2v) is 2.50. The Bertz CT molecular complexity index is 275. The van der Waals surface area contributed by atoms with E-state index in [4.69, 9.17) is 0 Å². The van der Waals surface area contributed by atoms with Gasteiger partial charge < -0.3 is 9.69 Å². The number of hydrogen-bond acceptors (Lipinski definition) is 2. The maximum absolute atomic E-state index is 13.0. The first-order chi connectivity index (χ1) is 5.75. The molecule has 0 N–H and O–H groups in total. The molecule has 64 valence electrons. The summed E-state index contributed by atoms with van der Waals surface area (Å²) in [5.41, 5.74) is 0.449. The van der Waals surface area contributed by atoms with E-state index in [0.29, 0.717) is 5.69 Å². The molecule has 3 heteroatoms. The molecule has 1 aromatic carbocycles. The van der Waals surface area contributed by atoms with Crippen LogP contribution in [-0.2, 0) is 4.79 Å². The number of nitrogens with zero attached hydrogens (tertiary/aromatic N) is 1. The van der Waals surface area contributed by atoms with Gasteiger partial charge in [0.05, 0.1) is 12.2 Å². The molecule has 0 fully saturated rings. The number of carbonyl (C=O) groups excluding carboxylic acids is 1. The SMILES string of the molecule is CN(CC=O)c1ccccc1F. The van der Waals surface area contributed by atoms with E-state index in [1.807, 2.05) is 0 Å². The Labute approximate surface area is 70.6 Å². The molecule has 0 bridgehead atoms. The minimum absolute atomic E-state index is 0.209. The largest absolute Gasteiger partial charge is 0.365 e. The van der Waals surface area contributed by atoms with Crippen molar-refractivity contribution in [2.75, 3.05) is 18.5 Å². The van der Waals surface area contributed by atoms with Gasteiger partial charge in [-0.15, -0.1) is 0 Å². The highest BCUT2D eigenvalue weighted by Crippen LogP contribution is 2.15. The van der Waals surface area contributed by atoms with Gasteiger partial charge in [-0.05, 0) is 12.1 Å². The summed E-state index contributed by atoms with van der Waals surface area (Å²) in [6.45, 7) is 0.209. The van der Waals surface area contributed by atoms with Crippen molar-refractivity contribution in [3.63, 3.8) is 0 Å². The van der Waals surface area contributed by atoms with Crippen molar-refractivity contribution in [2.45, 2.75) is 0 Å². The van der Waals surface area contributed by atoms with Crippen LogP contribution < -0.4 is 4.90 Å². The first kappa shape index (κ1) is 8.71. The fourth-order valence-electron chi connectivity index (χ4n) is 0.971. The van der Waals surface area contributed by atoms with Crippen LogP contribution in [0.1, 0.15) is 0 Å². The predicted molar refractivity (Wildman–Crippen MR) is 45.7 cm³/mol. The third-order valence-electron chi connectivity index (χ3n) is 1.61. The molecular formula is C9H10FNO. The lowest BCUT2D eigenvalue weighted by atomic mass is 10.3. The molecule has 1 aromatic rings. The van der Waals surface area contributed by atoms with Crippen molar-refractivity contribution in [2.24, 2.45) is 0 Å². The van der Waals surface area contributed by atoms with E-state index in [1.165, 1.54) is 6.07 Å². The topological polar surface area (TPSA) is 20.3 Å². The minimum atomic E-state index is -0.304. The van der Waals surface area contributed by atoms with Crippen molar-refractivity contribution in [3.05, 3.63) is 30.1 Å². The molecule has 2 nitrogen and oxygen atoms in total. The van der Waals surface area contributed by atoms with Gasteiger partial charge in [-0.25, -0.2) is 4.39 Å². The highest BCUT2D eigenvalue weighted by Gasteiger charge is 2.04. The number of likely N-dealkylation sites (N-methyl/N-ethyl adjacent to an activating group) is 1. The maximum Gasteiger partial charge on any atom is 0.146 e. The number of benzene rings is 1. The van der Waals surface area contributed by atoms with Gasteiger partial charge in [0.2, 0.25) is 0 Å². The Morgan fingerprint density at radius 2 is 2.17 bits per heavy atom. The molecule has 0 saturated heterocycles. The zero-order chi connectivity index (χ0) is 8.97. The lowest BCUT2D eigenvalue weighted by molar-refractivity contribution is -0.106. The van der Waals surface area contributed by atoms with Crippen molar-refractivity contribution >= 4 is 12.0 Å². The van der Waals surface area contributed by atoms with E-state index in [-0.39, 0.29) is 12.4 Å². The minimum Gasteiger partial charge on any atom is -0.365 e. The van der Waals surface area contributed by atoms with E-state index in [0.717, 1.165) is 6.29 Å². The van der Waals surface area contributed by atoms with Crippen molar-refractivity contribution in [3.8, 4) is 0 Å². The van der Waals surface area contributed by atoms with Crippen LogP contribution in [0.4, 0.5) is 10.1 Å². The quantitative estimate of drug-likeness (QED) is 0.635. The summed E-state index contributed by atoms with van der Waals surface area (Å²) in [5, 5.41) is 0. The fourth-order valence-corrected chi connectivity index (χ4v) is 0.971. The summed E-state index contributed by atoms with van der Waals surface area (Å²) in [5.74, 6) is -0.304. The molecule has 0 amide bonds. The van der Waals surface area contributed by atoms with Crippen LogP contribution in [0.5, 0.6) is 0 Å². The van der Waals surface area contributed by atoms with Crippen LogP contribution >= 0.6 is 0 Å². The summed E-state index contributed by atoms with van der Waals surface area (Å²) in [7, 11) is 1.67. The molecule has 0 aliphatic rings. The Hall–Kier alpha value is -1.38. The fraction of sp³-hybridized carbons (Fsp3) is 0.222. The monoisotopic (exact) mass is 167 g/mol. The van der Waals surface area contributed by atoms with Gasteiger partial charge in [0.15, 0.2) is 0 Å². The van der Waals surface area contributed by atoms with Crippen LogP contribution in [0.3, 0.4) is 0 Å². The summed E-state index contributed by atoms with van der Waals surface area (Å²) >= 11 is 0. The Morgan fingerprint density at radius 3 is 2.75 bits per heavy atom. The molecule has 0 aromatic heterocycles. The molecule has 0 radical (unpaired) electrons. The van der Waals surface area contributed by atoms with Gasteiger partial charge in [-0.1, -0.05) is 12.1 Å². The number of rotatable bonds is 3. The number of para-hydroxylation sites is 1. The van der Waals surface area contributed by atoms with Crippen LogP contribution in [0.2, 0.25) is 0 Å². The molecule has 0 spiro atoms. The molecule has 0 aliphatic carbocycles. The summed E-state index contributed by atoms with van der Waals surface area (Å²) in [4.78, 5) is 11.7. The Kier molecular flexibility index (Phi) is 2.80. The Morgan fingerprint density at radius 1 is 1.50 bits per heavy atom. The van der Waals surface area contributed by atoms with Crippen LogP contribution in [0.15, 0.2) is 24.3 Å². The first-order valence-electron chi connectivity index (χ1n) is 3.65. The van der Waals surface area contributed by atoms with Gasteiger partial charge in [0.1, 0.15) is 12.1 Å². The van der Waals surface area contributed by atoms with E-state index in [1.54, 1.807) is 30.1 Å². The van der Waals surface area contributed by atoms with Crippen LogP contribution in [0, 0.1) is 5.82 Å². The van der Waals surface area contributed by atoms with Crippen molar-refractivity contribution in [1.82, 2.24) is 0 Å². The van der Waals surface area contributed by atoms with E-state index in [2.05, 4.69) is 0 Å². The van der Waals surface area contributed by atoms with E-state index in [9.17, 15) is 9.18 Å². The number of carbonyl (C=O) groups is 1. The van der Waals surface area contributed by atoms with Gasteiger partial charge in [0, 0.05) is 7.05 Å². The number of hydrogen-bond donors (Lipinski definition) is 0. The smallest absolute Gasteiger partial charge is 0.146 e. The second kappa shape index (κ2) is 3.85. The zero-order valence-electron chi connectivity index (χ0n) is 6.83. The maximum atomic E-state index is 13.0. The highest BCUT2D eigenvalue weighted by molar-refractivity contribution is 5.60. The standard InChI is InChI=1S/C9H10FNO/c1-11(6-7-12)9-5-3-2-4-8(9)10/h2-5,7H,6H2,1H3. The normalized spacial score (nSPS) is 9.50. The molecule has 0 unspecified atom stereocenters. The molecular weight excluding hydrogens is 157 g/mol. The average Bonchev–Trinajstić information content (AvgIpc) is 2.05. The van der Waals surface area contributed by atoms with Crippen molar-refractivity contribution < 1.29 is 9.18 Å². The molecule has 1 rings (SSSR count). The number of aldehydes is 1. The summed E-state index contributed by atoms with van der Waals surface area (Å²) in [6.07, 6.45) is 0.742. The second-order valence-electron chi connectivity index (χ2n) is 2.50. The predicted octanol–water partition coefficient (Wildman–Crippen LogP) is 1.46. The lowest BCUT2D eigenvalue weighted by Crippen LogP contribution is -2.20. The zero-order valence-corrected chi connectivity index (χ0v) is 6.83. The van der Waals surface area contributed by atoms with Gasteiger partial charge in [-0.2, -0.15) is 0 Å². The van der Waals surface area contributed by atoms with Crippen LogP contribution in [0.25, 0.3) is 0 Å². The first-order valence-corrected chi connectivity index (χ1v) is 3.65. The summed E-state index contributed by atoms with van der Waals surface area (Å²) in [6, 6.07) is 6.36. The number of anilines is 1. The highest BCUT2D eigenvalue weighted by atomic mass is 19.1. The molecule has 0 saturated carbocycles. The third-order valence-corrected chi connectivity index (χ3v) is 1.61. The Balaban J connectivity index is 2.86.